The van der Waals surface area contributed by atoms with Crippen LogP contribution in [-0.4, -0.2) is 14.4 Å². The average Bonchev–Trinajstić information content (AvgIpc) is 2.93. The summed E-state index contributed by atoms with van der Waals surface area (Å²) in [5, 5.41) is 11.1. The first-order valence-electron chi connectivity index (χ1n) is 5.54. The molecule has 0 saturated carbocycles. The predicted molar refractivity (Wildman–Crippen MR) is 70.4 cm³/mol. The van der Waals surface area contributed by atoms with Gasteiger partial charge in [-0.05, 0) is 19.1 Å². The molecule has 0 aliphatic heterocycles. The second kappa shape index (κ2) is 4.24. The Bertz CT molecular complexity index is 734. The van der Waals surface area contributed by atoms with E-state index in [1.165, 1.54) is 0 Å². The highest BCUT2D eigenvalue weighted by molar-refractivity contribution is 7.15. The van der Waals surface area contributed by atoms with Crippen LogP contribution in [0.25, 0.3) is 16.2 Å². The van der Waals surface area contributed by atoms with Gasteiger partial charge in [0.05, 0.1) is 23.9 Å². The first kappa shape index (κ1) is 10.9. The van der Waals surface area contributed by atoms with Crippen LogP contribution in [-0.2, 0) is 6.42 Å². The van der Waals surface area contributed by atoms with Crippen LogP contribution in [0.3, 0.4) is 0 Å². The Morgan fingerprint density at radius 2 is 2.17 bits per heavy atom. The third-order valence-corrected chi connectivity index (χ3v) is 3.77. The number of aromatic nitrogens is 3. The topological polar surface area (TPSA) is 54.0 Å². The first-order chi connectivity index (χ1) is 8.81. The van der Waals surface area contributed by atoms with Crippen molar-refractivity contribution in [2.75, 3.05) is 0 Å². The van der Waals surface area contributed by atoms with E-state index in [1.807, 2.05) is 19.1 Å². The number of pyridine rings is 1. The van der Waals surface area contributed by atoms with E-state index in [9.17, 15) is 0 Å². The van der Waals surface area contributed by atoms with E-state index < -0.39 is 0 Å². The highest BCUT2D eigenvalue weighted by Gasteiger charge is 2.16. The molecule has 0 aromatic carbocycles. The molecule has 3 heterocycles. The molecule has 0 N–H and O–H groups in total. The normalized spacial score (nSPS) is 10.7. The fraction of sp³-hybridized carbons (Fsp3) is 0.154. The minimum Gasteiger partial charge on any atom is -0.290 e. The zero-order valence-electron chi connectivity index (χ0n) is 9.79. The summed E-state index contributed by atoms with van der Waals surface area (Å²) in [4.78, 5) is 9.57. The maximum atomic E-state index is 9.00. The molecule has 88 valence electrons. The Labute approximate surface area is 108 Å². The van der Waals surface area contributed by atoms with Crippen LogP contribution in [0.2, 0.25) is 0 Å². The van der Waals surface area contributed by atoms with Gasteiger partial charge in [-0.25, -0.2) is 4.98 Å². The van der Waals surface area contributed by atoms with Crippen LogP contribution in [0.15, 0.2) is 29.9 Å². The van der Waals surface area contributed by atoms with Crippen LogP contribution in [0.4, 0.5) is 0 Å². The molecule has 0 amide bonds. The van der Waals surface area contributed by atoms with E-state index in [-0.39, 0.29) is 0 Å². The standard InChI is InChI=1S/C13H10N4S/c1-9-8-18-13-16-12(10-3-6-15-7-4-10)11(2-5-14)17(9)13/h3-4,6-8H,2H2,1H3. The highest BCUT2D eigenvalue weighted by atomic mass is 32.1. The Hall–Kier alpha value is -2.19. The molecule has 0 radical (unpaired) electrons. The molecule has 3 aromatic rings. The quantitative estimate of drug-likeness (QED) is 0.706. The molecule has 3 rings (SSSR count). The molecular weight excluding hydrogens is 244 g/mol. The maximum Gasteiger partial charge on any atom is 0.194 e. The van der Waals surface area contributed by atoms with Gasteiger partial charge < -0.3 is 0 Å². The zero-order chi connectivity index (χ0) is 12.5. The van der Waals surface area contributed by atoms with E-state index >= 15 is 0 Å². The van der Waals surface area contributed by atoms with E-state index in [1.54, 1.807) is 23.7 Å². The summed E-state index contributed by atoms with van der Waals surface area (Å²) in [5.74, 6) is 0. The van der Waals surface area contributed by atoms with Crippen LogP contribution in [0.1, 0.15) is 11.4 Å². The van der Waals surface area contributed by atoms with Gasteiger partial charge in [0, 0.05) is 29.0 Å². The van der Waals surface area contributed by atoms with Gasteiger partial charge in [-0.3, -0.25) is 9.38 Å². The Morgan fingerprint density at radius 1 is 1.39 bits per heavy atom. The molecule has 0 unspecified atom stereocenters. The number of rotatable bonds is 2. The molecule has 0 bridgehead atoms. The molecule has 0 atom stereocenters. The molecule has 0 spiro atoms. The van der Waals surface area contributed by atoms with Crippen molar-refractivity contribution in [1.82, 2.24) is 14.4 Å². The second-order valence-electron chi connectivity index (χ2n) is 3.97. The van der Waals surface area contributed by atoms with Crippen molar-refractivity contribution in [2.45, 2.75) is 13.3 Å². The number of imidazole rings is 1. The Morgan fingerprint density at radius 3 is 2.89 bits per heavy atom. The van der Waals surface area contributed by atoms with Gasteiger partial charge in [-0.1, -0.05) is 0 Å². The summed E-state index contributed by atoms with van der Waals surface area (Å²) >= 11 is 1.60. The predicted octanol–water partition coefficient (Wildman–Crippen LogP) is 2.83. The van der Waals surface area contributed by atoms with Crippen molar-refractivity contribution in [3.8, 4) is 17.3 Å². The molecular formula is C13H10N4S. The number of aryl methyl sites for hydroxylation is 1. The van der Waals surface area contributed by atoms with Gasteiger partial charge in [0.1, 0.15) is 0 Å². The minimum absolute atomic E-state index is 0.358. The van der Waals surface area contributed by atoms with Crippen molar-refractivity contribution in [3.05, 3.63) is 41.3 Å². The highest BCUT2D eigenvalue weighted by Crippen LogP contribution is 2.28. The SMILES string of the molecule is Cc1csc2nc(-c3ccncc3)c(CC#N)n12. The van der Waals surface area contributed by atoms with Crippen molar-refractivity contribution < 1.29 is 0 Å². The third kappa shape index (κ3) is 1.59. The number of hydrogen-bond donors (Lipinski definition) is 0. The minimum atomic E-state index is 0.358. The van der Waals surface area contributed by atoms with E-state index in [0.717, 1.165) is 27.6 Å². The maximum absolute atomic E-state index is 9.00. The van der Waals surface area contributed by atoms with Crippen molar-refractivity contribution in [3.63, 3.8) is 0 Å². The molecule has 0 aliphatic rings. The summed E-state index contributed by atoms with van der Waals surface area (Å²) < 4.78 is 2.06. The lowest BCUT2D eigenvalue weighted by atomic mass is 10.1. The number of hydrogen-bond acceptors (Lipinski definition) is 4. The van der Waals surface area contributed by atoms with Gasteiger partial charge >= 0.3 is 0 Å². The van der Waals surface area contributed by atoms with Gasteiger partial charge in [0.25, 0.3) is 0 Å². The van der Waals surface area contributed by atoms with Gasteiger partial charge in [0.15, 0.2) is 4.96 Å². The third-order valence-electron chi connectivity index (χ3n) is 2.83. The number of fused-ring (bicyclic) bond motifs is 1. The van der Waals surface area contributed by atoms with Crippen LogP contribution in [0, 0.1) is 18.3 Å². The summed E-state index contributed by atoms with van der Waals surface area (Å²) in [6.45, 7) is 2.03. The average molecular weight is 254 g/mol. The Balaban J connectivity index is 2.30. The molecule has 0 fully saturated rings. The number of thiazole rings is 1. The van der Waals surface area contributed by atoms with E-state index in [2.05, 4.69) is 25.8 Å². The monoisotopic (exact) mass is 254 g/mol. The lowest BCUT2D eigenvalue weighted by molar-refractivity contribution is 1.03. The fourth-order valence-electron chi connectivity index (χ4n) is 2.04. The zero-order valence-corrected chi connectivity index (χ0v) is 10.6. The van der Waals surface area contributed by atoms with E-state index in [0.29, 0.717) is 6.42 Å². The van der Waals surface area contributed by atoms with Gasteiger partial charge in [0.2, 0.25) is 0 Å². The van der Waals surface area contributed by atoms with Crippen molar-refractivity contribution in [2.24, 2.45) is 0 Å². The molecule has 0 saturated heterocycles. The Kier molecular flexibility index (Phi) is 2.58. The van der Waals surface area contributed by atoms with Crippen LogP contribution < -0.4 is 0 Å². The molecule has 5 heteroatoms. The lowest BCUT2D eigenvalue weighted by Crippen LogP contribution is -1.94. The summed E-state index contributed by atoms with van der Waals surface area (Å²) in [6.07, 6.45) is 3.84. The smallest absolute Gasteiger partial charge is 0.194 e. The number of nitrogens with zero attached hydrogens (tertiary/aromatic N) is 4. The second-order valence-corrected chi connectivity index (χ2v) is 4.81. The molecule has 0 aliphatic carbocycles. The molecule has 4 nitrogen and oxygen atoms in total. The van der Waals surface area contributed by atoms with Crippen molar-refractivity contribution >= 4 is 16.3 Å². The molecule has 3 aromatic heterocycles. The first-order valence-corrected chi connectivity index (χ1v) is 6.42. The van der Waals surface area contributed by atoms with Gasteiger partial charge in [-0.15, -0.1) is 11.3 Å². The number of nitriles is 1. The van der Waals surface area contributed by atoms with Crippen LogP contribution in [0.5, 0.6) is 0 Å². The summed E-state index contributed by atoms with van der Waals surface area (Å²) in [7, 11) is 0. The lowest BCUT2D eigenvalue weighted by Gasteiger charge is -2.01. The van der Waals surface area contributed by atoms with Gasteiger partial charge in [-0.2, -0.15) is 5.26 Å². The summed E-state index contributed by atoms with van der Waals surface area (Å²) in [5.41, 5.74) is 3.96. The fourth-order valence-corrected chi connectivity index (χ4v) is 2.93. The van der Waals surface area contributed by atoms with Crippen molar-refractivity contribution in [1.29, 1.82) is 5.26 Å². The van der Waals surface area contributed by atoms with E-state index in [4.69, 9.17) is 5.26 Å². The summed E-state index contributed by atoms with van der Waals surface area (Å²) in [6, 6.07) is 6.06. The largest absolute Gasteiger partial charge is 0.290 e. The van der Waals surface area contributed by atoms with Crippen LogP contribution >= 0.6 is 11.3 Å². The molecule has 18 heavy (non-hydrogen) atoms.